The molecule has 0 fully saturated rings. The van der Waals surface area contributed by atoms with Crippen LogP contribution in [0.1, 0.15) is 34.0 Å². The summed E-state index contributed by atoms with van der Waals surface area (Å²) in [5.74, 6) is -6.57. The Morgan fingerprint density at radius 2 is 1.74 bits per heavy atom. The van der Waals surface area contributed by atoms with Gasteiger partial charge in [-0.05, 0) is 30.2 Å². The number of fused-ring (bicyclic) bond motifs is 1. The minimum absolute atomic E-state index is 0. The van der Waals surface area contributed by atoms with Gasteiger partial charge in [0, 0.05) is 37.8 Å². The van der Waals surface area contributed by atoms with Gasteiger partial charge in [0.05, 0.1) is 12.2 Å². The summed E-state index contributed by atoms with van der Waals surface area (Å²) in [6.07, 6.45) is -4.08. The highest BCUT2D eigenvalue weighted by atomic mass is 35.5. The Balaban J connectivity index is 0.00000267. The number of aromatic nitrogens is 3. The number of carbonyl (C=O) groups is 2. The van der Waals surface area contributed by atoms with Crippen molar-refractivity contribution < 1.29 is 35.9 Å². The molecule has 1 aromatic carbocycles. The zero-order chi connectivity index (χ0) is 26.9. The molecule has 1 aliphatic heterocycles. The van der Waals surface area contributed by atoms with Crippen molar-refractivity contribution in [3.8, 4) is 0 Å². The third-order valence-electron chi connectivity index (χ3n) is 5.75. The lowest BCUT2D eigenvalue weighted by Gasteiger charge is -2.30. The van der Waals surface area contributed by atoms with Gasteiger partial charge in [0.1, 0.15) is 11.5 Å². The first kappa shape index (κ1) is 31.9. The van der Waals surface area contributed by atoms with Crippen molar-refractivity contribution in [1.29, 1.82) is 0 Å². The molecule has 3 heterocycles. The first-order valence-corrected chi connectivity index (χ1v) is 11.0. The Kier molecular flexibility index (Phi) is 10.3. The molecule has 1 aliphatic rings. The Labute approximate surface area is 230 Å². The van der Waals surface area contributed by atoms with Crippen LogP contribution < -0.4 is 11.1 Å². The second-order valence-electron chi connectivity index (χ2n) is 8.39. The number of pyridine rings is 1. The van der Waals surface area contributed by atoms with E-state index in [1.54, 1.807) is 6.07 Å². The fraction of sp³-hybridized carbons (Fsp3) is 0.304. The number of anilines is 1. The molecular weight excluding hydrogens is 577 g/mol. The first-order valence-electron chi connectivity index (χ1n) is 11.0. The lowest BCUT2D eigenvalue weighted by atomic mass is 10.0. The van der Waals surface area contributed by atoms with E-state index in [4.69, 9.17) is 5.73 Å². The van der Waals surface area contributed by atoms with Crippen LogP contribution in [0.25, 0.3) is 0 Å². The van der Waals surface area contributed by atoms with Gasteiger partial charge in [-0.2, -0.15) is 13.2 Å². The number of rotatable bonds is 6. The highest BCUT2D eigenvalue weighted by molar-refractivity contribution is 6.02. The zero-order valence-electron chi connectivity index (χ0n) is 19.8. The molecule has 0 spiro atoms. The number of nitrogens with two attached hydrogens (primary N) is 1. The SMILES string of the molecule is Cl.Cl.N[C@@H](CC(=O)N1CCn2c(C(F)(F)F)nc(NC(=O)c3ccccn3)c2C1)Cc1cc(F)c(F)cc1F. The molecule has 0 saturated heterocycles. The lowest BCUT2D eigenvalue weighted by molar-refractivity contribution is -0.148. The summed E-state index contributed by atoms with van der Waals surface area (Å²) in [6.45, 7) is -0.674. The van der Waals surface area contributed by atoms with Crippen LogP contribution in [0.15, 0.2) is 36.5 Å². The molecule has 0 saturated carbocycles. The second kappa shape index (κ2) is 12.7. The van der Waals surface area contributed by atoms with Crippen molar-refractivity contribution >= 4 is 42.4 Å². The van der Waals surface area contributed by atoms with Gasteiger partial charge in [0.15, 0.2) is 17.5 Å². The largest absolute Gasteiger partial charge is 0.449 e. The lowest BCUT2D eigenvalue weighted by Crippen LogP contribution is -2.42. The number of halogens is 8. The Morgan fingerprint density at radius 3 is 2.38 bits per heavy atom. The standard InChI is InChI=1S/C23H20F6N6O2.2ClH/c24-14-10-16(26)15(25)8-12(14)7-13(30)9-19(36)34-5-6-35-18(11-34)20(33-22(35)23(27,28)29)32-21(37)17-3-1-2-4-31-17;;/h1-4,8,10,13H,5-7,9,11,30H2,(H,32,37);2*1H/t13-;;/m1../s1. The monoisotopic (exact) mass is 598 g/mol. The average molecular weight is 599 g/mol. The normalized spacial score (nSPS) is 13.6. The van der Waals surface area contributed by atoms with Crippen molar-refractivity contribution in [3.63, 3.8) is 0 Å². The number of amides is 2. The molecule has 3 N–H and O–H groups in total. The van der Waals surface area contributed by atoms with E-state index >= 15 is 0 Å². The minimum atomic E-state index is -4.81. The number of benzene rings is 1. The van der Waals surface area contributed by atoms with Gasteiger partial charge in [-0.3, -0.25) is 14.6 Å². The van der Waals surface area contributed by atoms with Crippen molar-refractivity contribution in [2.45, 2.75) is 38.1 Å². The van der Waals surface area contributed by atoms with E-state index in [2.05, 4.69) is 15.3 Å². The van der Waals surface area contributed by atoms with E-state index in [1.807, 2.05) is 0 Å². The van der Waals surface area contributed by atoms with Crippen molar-refractivity contribution in [2.75, 3.05) is 11.9 Å². The van der Waals surface area contributed by atoms with Crippen molar-refractivity contribution in [2.24, 2.45) is 5.73 Å². The highest BCUT2D eigenvalue weighted by Crippen LogP contribution is 2.34. The molecule has 0 aliphatic carbocycles. The van der Waals surface area contributed by atoms with Gasteiger partial charge in [0.25, 0.3) is 5.91 Å². The van der Waals surface area contributed by atoms with Gasteiger partial charge >= 0.3 is 6.18 Å². The summed E-state index contributed by atoms with van der Waals surface area (Å²) in [5.41, 5.74) is 5.62. The molecule has 3 aromatic rings. The van der Waals surface area contributed by atoms with Gasteiger partial charge in [-0.1, -0.05) is 6.07 Å². The topological polar surface area (TPSA) is 106 Å². The average Bonchev–Trinajstić information content (AvgIpc) is 3.21. The summed E-state index contributed by atoms with van der Waals surface area (Å²) in [4.78, 5) is 34.0. The Hall–Kier alpha value is -3.36. The molecule has 16 heteroatoms. The molecule has 2 amide bonds. The summed E-state index contributed by atoms with van der Waals surface area (Å²) in [6, 6.07) is 4.52. The highest BCUT2D eigenvalue weighted by Gasteiger charge is 2.41. The number of carbonyl (C=O) groups excluding carboxylic acids is 2. The molecular formula is C23H22Cl2F6N6O2. The summed E-state index contributed by atoms with van der Waals surface area (Å²) >= 11 is 0. The van der Waals surface area contributed by atoms with Gasteiger partial charge in [-0.25, -0.2) is 18.2 Å². The number of nitrogens with one attached hydrogen (secondary N) is 1. The third kappa shape index (κ3) is 7.19. The molecule has 4 rings (SSSR count). The van der Waals surface area contributed by atoms with Crippen LogP contribution >= 0.6 is 24.8 Å². The zero-order valence-corrected chi connectivity index (χ0v) is 21.5. The van der Waals surface area contributed by atoms with Crippen LogP contribution in [0.4, 0.5) is 32.2 Å². The summed E-state index contributed by atoms with van der Waals surface area (Å²) in [7, 11) is 0. The first-order chi connectivity index (χ1) is 17.4. The van der Waals surface area contributed by atoms with E-state index in [9.17, 15) is 35.9 Å². The quantitative estimate of drug-likeness (QED) is 0.328. The predicted molar refractivity (Wildman–Crippen MR) is 132 cm³/mol. The van der Waals surface area contributed by atoms with Crippen LogP contribution in [-0.2, 0) is 30.5 Å². The molecule has 8 nitrogen and oxygen atoms in total. The number of hydrogen-bond donors (Lipinski definition) is 2. The Morgan fingerprint density at radius 1 is 1.05 bits per heavy atom. The smallest absolute Gasteiger partial charge is 0.335 e. The van der Waals surface area contributed by atoms with Crippen LogP contribution in [-0.4, -0.2) is 43.8 Å². The fourth-order valence-corrected chi connectivity index (χ4v) is 3.99. The van der Waals surface area contributed by atoms with Gasteiger partial charge in [-0.15, -0.1) is 24.8 Å². The van der Waals surface area contributed by atoms with Crippen molar-refractivity contribution in [3.05, 3.63) is 76.8 Å². The molecule has 212 valence electrons. The number of hydrogen-bond acceptors (Lipinski definition) is 5. The maximum absolute atomic E-state index is 13.9. The summed E-state index contributed by atoms with van der Waals surface area (Å²) in [5, 5.41) is 2.32. The van der Waals surface area contributed by atoms with E-state index in [-0.39, 0.29) is 80.1 Å². The number of alkyl halides is 3. The second-order valence-corrected chi connectivity index (χ2v) is 8.39. The molecule has 0 unspecified atom stereocenters. The molecule has 39 heavy (non-hydrogen) atoms. The molecule has 1 atom stereocenters. The van der Waals surface area contributed by atoms with E-state index in [0.29, 0.717) is 12.1 Å². The molecule has 0 radical (unpaired) electrons. The fourth-order valence-electron chi connectivity index (χ4n) is 3.99. The molecule has 2 aromatic heterocycles. The van der Waals surface area contributed by atoms with Crippen LogP contribution in [0.2, 0.25) is 0 Å². The van der Waals surface area contributed by atoms with E-state index in [0.717, 1.165) is 4.57 Å². The maximum Gasteiger partial charge on any atom is 0.449 e. The Bertz CT molecular complexity index is 1340. The third-order valence-corrected chi connectivity index (χ3v) is 5.75. The van der Waals surface area contributed by atoms with Crippen LogP contribution in [0.3, 0.4) is 0 Å². The number of nitrogens with zero attached hydrogens (tertiary/aromatic N) is 4. The van der Waals surface area contributed by atoms with E-state index < -0.39 is 47.3 Å². The maximum atomic E-state index is 13.9. The minimum Gasteiger partial charge on any atom is -0.335 e. The van der Waals surface area contributed by atoms with Crippen LogP contribution in [0, 0.1) is 17.5 Å². The van der Waals surface area contributed by atoms with E-state index in [1.165, 1.54) is 23.2 Å². The van der Waals surface area contributed by atoms with Gasteiger partial charge in [0.2, 0.25) is 11.7 Å². The number of imidazole rings is 1. The summed E-state index contributed by atoms with van der Waals surface area (Å²) < 4.78 is 82.1. The molecule has 0 bridgehead atoms. The van der Waals surface area contributed by atoms with Gasteiger partial charge < -0.3 is 20.5 Å². The predicted octanol–water partition coefficient (Wildman–Crippen LogP) is 4.11. The van der Waals surface area contributed by atoms with Crippen molar-refractivity contribution in [1.82, 2.24) is 19.4 Å². The van der Waals surface area contributed by atoms with Crippen LogP contribution in [0.5, 0.6) is 0 Å².